The molecule has 0 spiro atoms. The van der Waals surface area contributed by atoms with E-state index in [1.54, 1.807) is 24.3 Å². The minimum absolute atomic E-state index is 0.0125. The maximum absolute atomic E-state index is 13.0. The number of furan rings is 1. The molecule has 1 aromatic heterocycles. The first-order valence-corrected chi connectivity index (χ1v) is 13.2. The molecule has 0 N–H and O–H groups in total. The summed E-state index contributed by atoms with van der Waals surface area (Å²) < 4.78 is 22.6. The Morgan fingerprint density at radius 3 is 2.71 bits per heavy atom. The number of nitrogens with zero attached hydrogens (tertiary/aromatic N) is 2. The summed E-state index contributed by atoms with van der Waals surface area (Å²) >= 11 is 2.93. The summed E-state index contributed by atoms with van der Waals surface area (Å²) in [5.74, 6) is 0.141. The Hall–Kier alpha value is -3.76. The molecule has 2 amide bonds. The number of benzene rings is 2. The summed E-state index contributed by atoms with van der Waals surface area (Å²) in [4.78, 5) is 38.5. The first-order chi connectivity index (χ1) is 18.3. The summed E-state index contributed by atoms with van der Waals surface area (Å²) in [5, 5.41) is 8.89. The van der Waals surface area contributed by atoms with E-state index in [-0.39, 0.29) is 29.6 Å². The maximum atomic E-state index is 13.0. The van der Waals surface area contributed by atoms with Crippen LogP contribution in [0.4, 0.5) is 4.79 Å². The van der Waals surface area contributed by atoms with E-state index in [1.165, 1.54) is 19.2 Å². The number of halogens is 1. The van der Waals surface area contributed by atoms with Crippen LogP contribution in [0.5, 0.6) is 11.5 Å². The van der Waals surface area contributed by atoms with Gasteiger partial charge in [-0.1, -0.05) is 18.2 Å². The summed E-state index contributed by atoms with van der Waals surface area (Å²) in [6.07, 6.45) is 1.62. The number of imide groups is 1. The fourth-order valence-corrected chi connectivity index (χ4v) is 5.22. The molecule has 1 fully saturated rings. The topological polar surface area (TPSA) is 119 Å². The van der Waals surface area contributed by atoms with E-state index in [4.69, 9.17) is 13.9 Å². The zero-order valence-electron chi connectivity index (χ0n) is 20.4. The highest BCUT2D eigenvalue weighted by Crippen LogP contribution is 2.38. The van der Waals surface area contributed by atoms with Crippen molar-refractivity contribution in [1.82, 2.24) is 4.90 Å². The summed E-state index contributed by atoms with van der Waals surface area (Å²) in [5.41, 5.74) is 1.93. The summed E-state index contributed by atoms with van der Waals surface area (Å²) in [7, 11) is 1.23. The van der Waals surface area contributed by atoms with E-state index in [9.17, 15) is 19.6 Å². The van der Waals surface area contributed by atoms with Crippen LogP contribution in [0.3, 0.4) is 0 Å². The molecule has 9 nitrogen and oxygen atoms in total. The molecule has 1 saturated heterocycles. The van der Waals surface area contributed by atoms with Gasteiger partial charge in [-0.25, -0.2) is 4.79 Å². The molecule has 0 radical (unpaired) electrons. The lowest BCUT2D eigenvalue weighted by molar-refractivity contribution is -0.123. The molecule has 194 valence electrons. The van der Waals surface area contributed by atoms with E-state index >= 15 is 0 Å². The first kappa shape index (κ1) is 27.3. The highest BCUT2D eigenvalue weighted by molar-refractivity contribution is 14.1. The molecule has 4 rings (SSSR count). The molecule has 1 aliphatic rings. The largest absolute Gasteiger partial charge is 0.490 e. The number of ether oxygens (including phenoxy) is 3. The third kappa shape index (κ3) is 6.03. The van der Waals surface area contributed by atoms with Gasteiger partial charge in [0, 0.05) is 5.56 Å². The number of esters is 1. The van der Waals surface area contributed by atoms with Gasteiger partial charge >= 0.3 is 5.97 Å². The van der Waals surface area contributed by atoms with Gasteiger partial charge in [0.1, 0.15) is 12.4 Å². The number of carbonyl (C=O) groups is 3. The number of hydrogen-bond acceptors (Lipinski definition) is 9. The number of methoxy groups -OCH3 is 1. The zero-order valence-corrected chi connectivity index (χ0v) is 23.3. The Morgan fingerprint density at radius 1 is 1.18 bits per heavy atom. The summed E-state index contributed by atoms with van der Waals surface area (Å²) in [6, 6.07) is 15.8. The average molecular weight is 644 g/mol. The lowest BCUT2D eigenvalue weighted by Gasteiger charge is -2.15. The molecule has 0 aliphatic carbocycles. The molecule has 0 saturated carbocycles. The van der Waals surface area contributed by atoms with Crippen molar-refractivity contribution in [3.05, 3.63) is 85.2 Å². The fraction of sp³-hybridized carbons (Fsp3) is 0.185. The maximum Gasteiger partial charge on any atom is 0.373 e. The van der Waals surface area contributed by atoms with Crippen molar-refractivity contribution in [2.24, 2.45) is 0 Å². The first-order valence-electron chi connectivity index (χ1n) is 11.3. The number of carbonyl (C=O) groups excluding carboxylic acids is 3. The monoisotopic (exact) mass is 644 g/mol. The van der Waals surface area contributed by atoms with Crippen LogP contribution in [0.1, 0.15) is 39.9 Å². The van der Waals surface area contributed by atoms with Crippen LogP contribution in [0, 0.1) is 14.9 Å². The number of rotatable bonds is 9. The third-order valence-electron chi connectivity index (χ3n) is 5.38. The Bertz CT molecular complexity index is 1470. The van der Waals surface area contributed by atoms with Gasteiger partial charge in [0.25, 0.3) is 11.1 Å². The number of nitriles is 1. The van der Waals surface area contributed by atoms with Gasteiger partial charge in [-0.2, -0.15) is 5.26 Å². The van der Waals surface area contributed by atoms with Crippen LogP contribution < -0.4 is 9.47 Å². The highest BCUT2D eigenvalue weighted by atomic mass is 127. The second kappa shape index (κ2) is 12.2. The standard InChI is InChI=1S/C27H21IN2O7S/c1-3-35-22-11-16(10-20(28)24(22)36-15-18-7-5-4-6-17(18)13-29)12-23-25(31)30(27(33)38-23)14-19-8-9-21(37-19)26(32)34-2/h4-12H,3,14-15H2,1-2H3/b23-12+. The van der Waals surface area contributed by atoms with Gasteiger partial charge in [-0.05, 0) is 83.2 Å². The molecular weight excluding hydrogens is 623 g/mol. The number of hydrogen-bond donors (Lipinski definition) is 0. The molecule has 11 heteroatoms. The van der Waals surface area contributed by atoms with Gasteiger partial charge in [0.2, 0.25) is 5.76 Å². The quantitative estimate of drug-likeness (QED) is 0.163. The molecule has 3 aromatic rings. The van der Waals surface area contributed by atoms with Crippen molar-refractivity contribution in [2.45, 2.75) is 20.1 Å². The normalized spacial score (nSPS) is 14.1. The van der Waals surface area contributed by atoms with Crippen molar-refractivity contribution in [1.29, 1.82) is 5.26 Å². The van der Waals surface area contributed by atoms with Crippen LogP contribution in [-0.2, 0) is 22.7 Å². The smallest absolute Gasteiger partial charge is 0.373 e. The minimum atomic E-state index is -0.647. The molecular formula is C27H21IN2O7S. The second-order valence-corrected chi connectivity index (χ2v) is 10.0. The molecule has 0 unspecified atom stereocenters. The minimum Gasteiger partial charge on any atom is -0.490 e. The molecule has 38 heavy (non-hydrogen) atoms. The number of amides is 2. The van der Waals surface area contributed by atoms with Crippen LogP contribution in [0.25, 0.3) is 6.08 Å². The van der Waals surface area contributed by atoms with E-state index in [0.717, 1.165) is 25.8 Å². The van der Waals surface area contributed by atoms with Crippen LogP contribution >= 0.6 is 34.4 Å². The fourth-order valence-electron chi connectivity index (χ4n) is 3.60. The van der Waals surface area contributed by atoms with Gasteiger partial charge in [-0.15, -0.1) is 0 Å². The third-order valence-corrected chi connectivity index (χ3v) is 7.08. The van der Waals surface area contributed by atoms with E-state index in [0.29, 0.717) is 29.2 Å². The van der Waals surface area contributed by atoms with Crippen molar-refractivity contribution in [3.63, 3.8) is 0 Å². The molecule has 0 bridgehead atoms. The van der Waals surface area contributed by atoms with E-state index in [2.05, 4.69) is 33.4 Å². The van der Waals surface area contributed by atoms with Crippen molar-refractivity contribution in [3.8, 4) is 17.6 Å². The zero-order chi connectivity index (χ0) is 27.2. The van der Waals surface area contributed by atoms with Gasteiger partial charge < -0.3 is 18.6 Å². The Morgan fingerprint density at radius 2 is 1.97 bits per heavy atom. The highest BCUT2D eigenvalue weighted by Gasteiger charge is 2.36. The predicted octanol–water partition coefficient (Wildman–Crippen LogP) is 5.76. The van der Waals surface area contributed by atoms with E-state index < -0.39 is 17.1 Å². The van der Waals surface area contributed by atoms with Crippen LogP contribution in [-0.4, -0.2) is 35.7 Å². The molecule has 2 aromatic carbocycles. The van der Waals surface area contributed by atoms with Crippen molar-refractivity contribution < 1.29 is 33.0 Å². The van der Waals surface area contributed by atoms with Crippen molar-refractivity contribution in [2.75, 3.05) is 13.7 Å². The molecule has 1 aliphatic heterocycles. The van der Waals surface area contributed by atoms with Crippen LogP contribution in [0.15, 0.2) is 57.9 Å². The SMILES string of the molecule is CCOc1cc(/C=C2/SC(=O)N(Cc3ccc(C(=O)OC)o3)C2=O)cc(I)c1OCc1ccccc1C#N. The Balaban J connectivity index is 1.54. The Labute approximate surface area is 236 Å². The van der Waals surface area contributed by atoms with Gasteiger partial charge in [0.15, 0.2) is 11.5 Å². The molecule has 2 heterocycles. The number of thioether (sulfide) groups is 1. The van der Waals surface area contributed by atoms with Crippen LogP contribution in [0.2, 0.25) is 0 Å². The van der Waals surface area contributed by atoms with E-state index in [1.807, 2.05) is 25.1 Å². The van der Waals surface area contributed by atoms with Gasteiger partial charge in [0.05, 0.1) is 40.4 Å². The Kier molecular flexibility index (Phi) is 8.75. The van der Waals surface area contributed by atoms with Gasteiger partial charge in [-0.3, -0.25) is 14.5 Å². The second-order valence-electron chi connectivity index (χ2n) is 7.85. The lowest BCUT2D eigenvalue weighted by Crippen LogP contribution is -2.27. The average Bonchev–Trinajstić information content (AvgIpc) is 3.48. The molecule has 0 atom stereocenters. The predicted molar refractivity (Wildman–Crippen MR) is 147 cm³/mol. The lowest BCUT2D eigenvalue weighted by atomic mass is 10.1. The summed E-state index contributed by atoms with van der Waals surface area (Å²) in [6.45, 7) is 2.30. The van der Waals surface area contributed by atoms with Crippen molar-refractivity contribution >= 4 is 57.5 Å².